The normalized spacial score (nSPS) is 25.3. The molecule has 23 heavy (non-hydrogen) atoms. The summed E-state index contributed by atoms with van der Waals surface area (Å²) >= 11 is 0. The summed E-state index contributed by atoms with van der Waals surface area (Å²) in [6.45, 7) is 8.75. The van der Waals surface area contributed by atoms with Crippen LogP contribution in [-0.2, 0) is 18.9 Å². The van der Waals surface area contributed by atoms with Crippen LogP contribution in [0, 0.1) is 0 Å². The number of benzene rings is 1. The Bertz CT molecular complexity index is 581. The van der Waals surface area contributed by atoms with Gasteiger partial charge in [-0.1, -0.05) is 29.4 Å². The molecule has 6 heteroatoms. The molecule has 0 aliphatic carbocycles. The zero-order valence-corrected chi connectivity index (χ0v) is 14.5. The molecule has 2 heterocycles. The first kappa shape index (κ1) is 16.5. The lowest BCUT2D eigenvalue weighted by atomic mass is 9.78. The molecular weight excluding hydrogens is 293 g/mol. The first-order valence-corrected chi connectivity index (χ1v) is 7.98. The second kappa shape index (κ2) is 5.93. The minimum Gasteiger partial charge on any atom is -0.399 e. The Morgan fingerprint density at radius 2 is 1.74 bits per heavy atom. The molecule has 1 unspecified atom stereocenters. The highest BCUT2D eigenvalue weighted by Gasteiger charge is 2.51. The number of nitrogens with zero attached hydrogens (tertiary/aromatic N) is 1. The lowest BCUT2D eigenvalue weighted by molar-refractivity contribution is 0.00578. The van der Waals surface area contributed by atoms with Crippen molar-refractivity contribution in [2.45, 2.75) is 51.4 Å². The molecule has 0 aromatic heterocycles. The minimum atomic E-state index is -0.334. The Labute approximate surface area is 138 Å². The summed E-state index contributed by atoms with van der Waals surface area (Å²) in [5.41, 5.74) is 2.40. The highest BCUT2D eigenvalue weighted by Crippen LogP contribution is 2.36. The summed E-state index contributed by atoms with van der Waals surface area (Å²) in [4.78, 5) is 5.48. The highest BCUT2D eigenvalue weighted by atomic mass is 16.7. The fourth-order valence-electron chi connectivity index (χ4n) is 2.70. The van der Waals surface area contributed by atoms with E-state index in [1.54, 1.807) is 7.11 Å². The number of rotatable bonds is 4. The van der Waals surface area contributed by atoms with Crippen LogP contribution in [0.3, 0.4) is 0 Å². The van der Waals surface area contributed by atoms with Gasteiger partial charge in [-0.3, -0.25) is 0 Å². The van der Waals surface area contributed by atoms with Gasteiger partial charge in [0.05, 0.1) is 23.5 Å². The Kier molecular flexibility index (Phi) is 4.25. The van der Waals surface area contributed by atoms with Crippen molar-refractivity contribution in [3.63, 3.8) is 0 Å². The summed E-state index contributed by atoms with van der Waals surface area (Å²) in [6.07, 6.45) is 0.733. The van der Waals surface area contributed by atoms with Gasteiger partial charge in [0.15, 0.2) is 6.10 Å². The van der Waals surface area contributed by atoms with Crippen LogP contribution in [0.2, 0.25) is 0 Å². The molecule has 1 aromatic rings. The molecule has 2 aliphatic heterocycles. The first-order valence-electron chi connectivity index (χ1n) is 7.98. The standard InChI is InChI=1S/C17H24BNO4/c1-16(2)17(3,4)23-18(22-16)13-8-6-12(7-9-13)15-10-14(11-20-5)19-21-15/h6-9,15H,10-11H2,1-5H3. The van der Waals surface area contributed by atoms with Crippen molar-refractivity contribution in [1.82, 2.24) is 0 Å². The third kappa shape index (κ3) is 3.16. The van der Waals surface area contributed by atoms with Crippen LogP contribution < -0.4 is 5.46 Å². The van der Waals surface area contributed by atoms with Crippen LogP contribution in [0.15, 0.2) is 29.4 Å². The Balaban J connectivity index is 1.67. The van der Waals surface area contributed by atoms with Crippen LogP contribution in [0.4, 0.5) is 0 Å². The molecule has 2 aliphatic rings. The van der Waals surface area contributed by atoms with E-state index in [2.05, 4.69) is 45.0 Å². The van der Waals surface area contributed by atoms with Crippen LogP contribution >= 0.6 is 0 Å². The molecule has 1 atom stereocenters. The third-order valence-corrected chi connectivity index (χ3v) is 4.87. The zero-order chi connectivity index (χ0) is 16.7. The number of oxime groups is 1. The topological polar surface area (TPSA) is 49.3 Å². The van der Waals surface area contributed by atoms with Gasteiger partial charge in [-0.05, 0) is 38.7 Å². The molecule has 3 rings (SSSR count). The van der Waals surface area contributed by atoms with E-state index in [4.69, 9.17) is 18.9 Å². The monoisotopic (exact) mass is 317 g/mol. The lowest BCUT2D eigenvalue weighted by Gasteiger charge is -2.32. The first-order chi connectivity index (χ1) is 10.8. The molecule has 124 valence electrons. The van der Waals surface area contributed by atoms with Gasteiger partial charge >= 0.3 is 7.12 Å². The molecule has 1 fully saturated rings. The predicted octanol–water partition coefficient (Wildman–Crippen LogP) is 2.45. The number of ether oxygens (including phenoxy) is 1. The van der Waals surface area contributed by atoms with Crippen molar-refractivity contribution in [3.8, 4) is 0 Å². The van der Waals surface area contributed by atoms with E-state index < -0.39 is 0 Å². The SMILES string of the molecule is COCC1=NOC(c2ccc(B3OC(C)(C)C(C)(C)O3)cc2)C1. The maximum atomic E-state index is 6.07. The molecule has 1 aromatic carbocycles. The van der Waals surface area contributed by atoms with Crippen molar-refractivity contribution >= 4 is 18.3 Å². The van der Waals surface area contributed by atoms with Gasteiger partial charge < -0.3 is 18.9 Å². The molecule has 0 bridgehead atoms. The number of hydrogen-bond acceptors (Lipinski definition) is 5. The van der Waals surface area contributed by atoms with Crippen molar-refractivity contribution in [2.75, 3.05) is 13.7 Å². The summed E-state index contributed by atoms with van der Waals surface area (Å²) < 4.78 is 17.2. The van der Waals surface area contributed by atoms with Crippen LogP contribution in [0.5, 0.6) is 0 Å². The smallest absolute Gasteiger partial charge is 0.399 e. The Morgan fingerprint density at radius 1 is 1.13 bits per heavy atom. The average molecular weight is 317 g/mol. The second-order valence-electron chi connectivity index (χ2n) is 7.14. The van der Waals surface area contributed by atoms with Crippen molar-refractivity contribution in [2.24, 2.45) is 5.16 Å². The van der Waals surface area contributed by atoms with E-state index in [0.717, 1.165) is 23.2 Å². The quantitative estimate of drug-likeness (QED) is 0.801. The summed E-state index contributed by atoms with van der Waals surface area (Å²) in [7, 11) is 1.33. The molecule has 5 nitrogen and oxygen atoms in total. The van der Waals surface area contributed by atoms with Crippen molar-refractivity contribution in [3.05, 3.63) is 29.8 Å². The van der Waals surface area contributed by atoms with Gasteiger partial charge in [0.2, 0.25) is 0 Å². The molecule has 0 saturated carbocycles. The van der Waals surface area contributed by atoms with E-state index in [-0.39, 0.29) is 24.4 Å². The average Bonchev–Trinajstić information content (AvgIpc) is 3.03. The van der Waals surface area contributed by atoms with Crippen molar-refractivity contribution < 1.29 is 18.9 Å². The fraction of sp³-hybridized carbons (Fsp3) is 0.588. The van der Waals surface area contributed by atoms with Crippen LogP contribution in [0.25, 0.3) is 0 Å². The molecule has 0 N–H and O–H groups in total. The van der Waals surface area contributed by atoms with Crippen LogP contribution in [0.1, 0.15) is 45.8 Å². The largest absolute Gasteiger partial charge is 0.494 e. The van der Waals surface area contributed by atoms with Gasteiger partial charge in [0.1, 0.15) is 0 Å². The highest BCUT2D eigenvalue weighted by molar-refractivity contribution is 6.62. The van der Waals surface area contributed by atoms with Gasteiger partial charge in [-0.2, -0.15) is 0 Å². The zero-order valence-electron chi connectivity index (χ0n) is 14.5. The lowest BCUT2D eigenvalue weighted by Crippen LogP contribution is -2.41. The maximum Gasteiger partial charge on any atom is 0.494 e. The molecule has 0 spiro atoms. The molecular formula is C17H24BNO4. The summed E-state index contributed by atoms with van der Waals surface area (Å²) in [5.74, 6) is 0. The Hall–Kier alpha value is -1.37. The van der Waals surface area contributed by atoms with Crippen LogP contribution in [-0.4, -0.2) is 37.7 Å². The summed E-state index contributed by atoms with van der Waals surface area (Å²) in [5, 5.41) is 4.06. The molecule has 1 saturated heterocycles. The minimum absolute atomic E-state index is 0.0347. The van der Waals surface area contributed by atoms with Gasteiger partial charge in [0, 0.05) is 13.5 Å². The maximum absolute atomic E-state index is 6.07. The molecule has 0 amide bonds. The number of methoxy groups -OCH3 is 1. The molecule has 0 radical (unpaired) electrons. The van der Waals surface area contributed by atoms with E-state index in [1.807, 2.05) is 12.1 Å². The van der Waals surface area contributed by atoms with E-state index in [0.29, 0.717) is 6.61 Å². The van der Waals surface area contributed by atoms with Gasteiger partial charge in [0.25, 0.3) is 0 Å². The van der Waals surface area contributed by atoms with E-state index in [1.165, 1.54) is 0 Å². The predicted molar refractivity (Wildman–Crippen MR) is 89.9 cm³/mol. The van der Waals surface area contributed by atoms with E-state index >= 15 is 0 Å². The number of hydrogen-bond donors (Lipinski definition) is 0. The third-order valence-electron chi connectivity index (χ3n) is 4.87. The fourth-order valence-corrected chi connectivity index (χ4v) is 2.70. The second-order valence-corrected chi connectivity index (χ2v) is 7.14. The van der Waals surface area contributed by atoms with Gasteiger partial charge in [-0.25, -0.2) is 0 Å². The Morgan fingerprint density at radius 3 is 2.30 bits per heavy atom. The van der Waals surface area contributed by atoms with E-state index in [9.17, 15) is 0 Å². The summed E-state index contributed by atoms with van der Waals surface area (Å²) in [6, 6.07) is 8.18. The van der Waals surface area contributed by atoms with Crippen molar-refractivity contribution in [1.29, 1.82) is 0 Å². The van der Waals surface area contributed by atoms with Gasteiger partial charge in [-0.15, -0.1) is 0 Å².